The summed E-state index contributed by atoms with van der Waals surface area (Å²) in [4.78, 5) is 28.6. The molecule has 0 radical (unpaired) electrons. The van der Waals surface area contributed by atoms with Crippen LogP contribution in [0.3, 0.4) is 0 Å². The number of ether oxygens (including phenoxy) is 1. The lowest BCUT2D eigenvalue weighted by atomic mass is 9.89. The third-order valence-corrected chi connectivity index (χ3v) is 6.07. The summed E-state index contributed by atoms with van der Waals surface area (Å²) in [7, 11) is 3.14. The number of nitrogens with zero attached hydrogens (tertiary/aromatic N) is 4. The summed E-state index contributed by atoms with van der Waals surface area (Å²) in [6.45, 7) is 10.3. The standard InChI is InChI=1S/C24H25ClF2N6O.2CH2O/c1-13(31-14(2)28-3)23-20-8-5-15(11-33(20)12-30-23)21-17(26)6-7-18(22(21)27)32-19-9-16(25)10-29-24(19)34-4;2*1-2/h6-7,9-10,12,15,32H,1,5,8,11H2,2-4H3,(H,28,31);2*1H2/t15-;;/m0../s1. The van der Waals surface area contributed by atoms with Crippen LogP contribution in [0.2, 0.25) is 5.02 Å². The van der Waals surface area contributed by atoms with Crippen molar-refractivity contribution < 1.29 is 23.1 Å². The molecule has 0 saturated carbocycles. The molecule has 3 heterocycles. The highest BCUT2D eigenvalue weighted by Crippen LogP contribution is 2.37. The summed E-state index contributed by atoms with van der Waals surface area (Å²) >= 11 is 6.03. The maximum Gasteiger partial charge on any atom is 0.237 e. The number of hydrogen-bond donors (Lipinski definition) is 2. The Labute approximate surface area is 224 Å². The number of carbonyl (C=O) groups is 2. The van der Waals surface area contributed by atoms with Crippen LogP contribution in [0.5, 0.6) is 5.88 Å². The average molecular weight is 547 g/mol. The van der Waals surface area contributed by atoms with Gasteiger partial charge in [0.1, 0.15) is 30.8 Å². The Bertz CT molecular complexity index is 1310. The van der Waals surface area contributed by atoms with Crippen LogP contribution in [-0.2, 0) is 22.6 Å². The molecule has 1 atom stereocenters. The van der Waals surface area contributed by atoms with E-state index in [9.17, 15) is 4.39 Å². The van der Waals surface area contributed by atoms with Crippen molar-refractivity contribution in [3.63, 3.8) is 0 Å². The van der Waals surface area contributed by atoms with E-state index in [4.69, 9.17) is 25.9 Å². The Kier molecular flexibility index (Phi) is 11.1. The number of halogens is 3. The molecule has 4 rings (SSSR count). The lowest BCUT2D eigenvalue weighted by Crippen LogP contribution is -2.23. The lowest BCUT2D eigenvalue weighted by Gasteiger charge is -2.26. The molecule has 2 N–H and O–H groups in total. The highest BCUT2D eigenvalue weighted by Gasteiger charge is 2.29. The van der Waals surface area contributed by atoms with Crippen molar-refractivity contribution in [1.29, 1.82) is 0 Å². The average Bonchev–Trinajstić information content (AvgIpc) is 3.36. The maximum absolute atomic E-state index is 15.6. The second kappa shape index (κ2) is 14.0. The van der Waals surface area contributed by atoms with Crippen molar-refractivity contribution in [2.75, 3.05) is 19.5 Å². The summed E-state index contributed by atoms with van der Waals surface area (Å²) in [6.07, 6.45) is 4.28. The molecular formula is C26H29ClF2N6O3. The molecule has 9 nitrogen and oxygen atoms in total. The number of hydrogen-bond acceptors (Lipinski definition) is 7. The van der Waals surface area contributed by atoms with Crippen LogP contribution >= 0.6 is 11.6 Å². The predicted octanol–water partition coefficient (Wildman–Crippen LogP) is 4.93. The van der Waals surface area contributed by atoms with E-state index in [0.29, 0.717) is 35.8 Å². The van der Waals surface area contributed by atoms with E-state index < -0.39 is 11.6 Å². The van der Waals surface area contributed by atoms with Gasteiger partial charge in [0.25, 0.3) is 0 Å². The number of amidine groups is 1. The minimum atomic E-state index is -0.656. The maximum atomic E-state index is 15.6. The number of rotatable bonds is 6. The fraction of sp³-hybridized carbons (Fsp3) is 0.269. The van der Waals surface area contributed by atoms with Gasteiger partial charge < -0.3 is 29.5 Å². The van der Waals surface area contributed by atoms with E-state index >= 15 is 4.39 Å². The zero-order chi connectivity index (χ0) is 28.4. The van der Waals surface area contributed by atoms with Crippen LogP contribution in [0.15, 0.2) is 42.3 Å². The fourth-order valence-corrected chi connectivity index (χ4v) is 4.31. The van der Waals surface area contributed by atoms with Gasteiger partial charge in [0, 0.05) is 37.0 Å². The van der Waals surface area contributed by atoms with Crippen molar-refractivity contribution in [3.05, 3.63) is 70.9 Å². The topological polar surface area (TPSA) is 110 Å². The van der Waals surface area contributed by atoms with Crippen molar-refractivity contribution in [3.8, 4) is 5.88 Å². The van der Waals surface area contributed by atoms with Gasteiger partial charge >= 0.3 is 0 Å². The fourth-order valence-electron chi connectivity index (χ4n) is 4.15. The Morgan fingerprint density at radius 2 is 1.92 bits per heavy atom. The summed E-state index contributed by atoms with van der Waals surface area (Å²) < 4.78 is 37.6. The number of anilines is 2. The second-order valence-corrected chi connectivity index (χ2v) is 8.43. The normalized spacial score (nSPS) is 14.2. The van der Waals surface area contributed by atoms with Crippen molar-refractivity contribution in [2.24, 2.45) is 4.99 Å². The molecule has 3 aromatic rings. The number of aliphatic imine (C=N–C) groups is 1. The molecule has 0 aliphatic carbocycles. The van der Waals surface area contributed by atoms with Crippen LogP contribution in [0.25, 0.3) is 5.70 Å². The van der Waals surface area contributed by atoms with Crippen LogP contribution < -0.4 is 15.4 Å². The third kappa shape index (κ3) is 6.60. The van der Waals surface area contributed by atoms with E-state index in [0.717, 1.165) is 17.2 Å². The highest BCUT2D eigenvalue weighted by molar-refractivity contribution is 6.30. The molecule has 1 aliphatic heterocycles. The number of aromatic nitrogens is 3. The molecule has 0 bridgehead atoms. The molecule has 1 aromatic carbocycles. The Hall–Kier alpha value is -4.12. The Balaban J connectivity index is 0.00000121. The van der Waals surface area contributed by atoms with Crippen LogP contribution in [0.1, 0.15) is 36.2 Å². The summed E-state index contributed by atoms with van der Waals surface area (Å²) in [5, 5.41) is 6.41. The first-order chi connectivity index (χ1) is 18.3. The number of nitrogens with one attached hydrogen (secondary N) is 2. The van der Waals surface area contributed by atoms with Crippen LogP contribution in [-0.4, -0.2) is 48.1 Å². The highest BCUT2D eigenvalue weighted by atomic mass is 35.5. The smallest absolute Gasteiger partial charge is 0.237 e. The molecule has 0 saturated heterocycles. The predicted molar refractivity (Wildman–Crippen MR) is 144 cm³/mol. The van der Waals surface area contributed by atoms with Crippen LogP contribution in [0, 0.1) is 11.6 Å². The van der Waals surface area contributed by atoms with E-state index in [1.54, 1.807) is 19.4 Å². The van der Waals surface area contributed by atoms with E-state index in [1.165, 1.54) is 25.4 Å². The van der Waals surface area contributed by atoms with E-state index in [-0.39, 0.29) is 23.0 Å². The minimum absolute atomic E-state index is 0.0331. The SMILES string of the molecule is C=C(NC(C)=NC)c1ncn2c1CC[C@H](c1c(F)ccc(Nc3cc(Cl)cnc3OC)c1F)C2.C=O.C=O. The van der Waals surface area contributed by atoms with Gasteiger partial charge in [-0.15, -0.1) is 0 Å². The Morgan fingerprint density at radius 1 is 1.21 bits per heavy atom. The molecule has 12 heteroatoms. The molecule has 202 valence electrons. The largest absolute Gasteiger partial charge is 0.480 e. The van der Waals surface area contributed by atoms with Crippen molar-refractivity contribution in [2.45, 2.75) is 32.2 Å². The zero-order valence-electron chi connectivity index (χ0n) is 21.4. The molecule has 1 aliphatic rings. The van der Waals surface area contributed by atoms with Crippen molar-refractivity contribution >= 4 is 48.1 Å². The summed E-state index contributed by atoms with van der Waals surface area (Å²) in [5.74, 6) is -0.637. The van der Waals surface area contributed by atoms with Gasteiger partial charge in [0.2, 0.25) is 5.88 Å². The first-order valence-electron chi connectivity index (χ1n) is 11.3. The third-order valence-electron chi connectivity index (χ3n) is 5.86. The summed E-state index contributed by atoms with van der Waals surface area (Å²) in [6, 6.07) is 4.19. The molecule has 0 unspecified atom stereocenters. The molecule has 0 fully saturated rings. The zero-order valence-corrected chi connectivity index (χ0v) is 22.1. The number of pyridine rings is 1. The monoisotopic (exact) mass is 546 g/mol. The molecule has 2 aromatic heterocycles. The summed E-state index contributed by atoms with van der Waals surface area (Å²) in [5.41, 5.74) is 2.88. The van der Waals surface area contributed by atoms with Gasteiger partial charge in [-0.2, -0.15) is 0 Å². The number of fused-ring (bicyclic) bond motifs is 1. The molecule has 0 amide bonds. The van der Waals surface area contributed by atoms with Crippen LogP contribution in [0.4, 0.5) is 20.2 Å². The quantitative estimate of drug-likeness (QED) is 0.333. The Morgan fingerprint density at radius 3 is 2.58 bits per heavy atom. The second-order valence-electron chi connectivity index (χ2n) is 8.00. The number of benzene rings is 1. The van der Waals surface area contributed by atoms with Gasteiger partial charge in [0.05, 0.1) is 35.7 Å². The van der Waals surface area contributed by atoms with Gasteiger partial charge in [-0.1, -0.05) is 18.2 Å². The lowest BCUT2D eigenvalue weighted by molar-refractivity contribution is -0.0987. The number of carbonyl (C=O) groups excluding carboxylic acids is 2. The van der Waals surface area contributed by atoms with Crippen molar-refractivity contribution in [1.82, 2.24) is 19.9 Å². The first-order valence-corrected chi connectivity index (χ1v) is 11.7. The first kappa shape index (κ1) is 30.1. The van der Waals surface area contributed by atoms with E-state index in [2.05, 4.69) is 32.2 Å². The van der Waals surface area contributed by atoms with Gasteiger partial charge in [-0.3, -0.25) is 4.99 Å². The van der Waals surface area contributed by atoms with Gasteiger partial charge in [0.15, 0.2) is 5.82 Å². The number of imidazole rings is 1. The molecule has 38 heavy (non-hydrogen) atoms. The van der Waals surface area contributed by atoms with Gasteiger partial charge in [-0.25, -0.2) is 18.7 Å². The minimum Gasteiger partial charge on any atom is -0.480 e. The molecular weight excluding hydrogens is 518 g/mol. The number of methoxy groups -OCH3 is 1. The molecule has 0 spiro atoms. The van der Waals surface area contributed by atoms with Gasteiger partial charge in [-0.05, 0) is 38.0 Å². The van der Waals surface area contributed by atoms with E-state index in [1.807, 2.05) is 25.1 Å².